The van der Waals surface area contributed by atoms with E-state index in [1.807, 2.05) is 0 Å². The molecule has 1 aromatic heterocycles. The first-order chi connectivity index (χ1) is 14.8. The highest BCUT2D eigenvalue weighted by Crippen LogP contribution is 2.45. The predicted molar refractivity (Wildman–Crippen MR) is 111 cm³/mol. The maximum Gasteiger partial charge on any atom is 0.274 e. The van der Waals surface area contributed by atoms with Gasteiger partial charge in [-0.2, -0.15) is 0 Å². The van der Waals surface area contributed by atoms with Crippen LogP contribution in [0.2, 0.25) is 5.02 Å². The van der Waals surface area contributed by atoms with E-state index in [0.717, 1.165) is 19.3 Å². The van der Waals surface area contributed by atoms with E-state index >= 15 is 0 Å². The van der Waals surface area contributed by atoms with Crippen LogP contribution in [0.1, 0.15) is 57.8 Å². The average Bonchev–Trinajstić information content (AvgIpc) is 2.98. The molecule has 31 heavy (non-hydrogen) atoms. The molecule has 2 bridgehead atoms. The summed E-state index contributed by atoms with van der Waals surface area (Å²) in [5.74, 6) is -2.40. The minimum Gasteiger partial charge on any atom is -0.503 e. The van der Waals surface area contributed by atoms with Crippen LogP contribution in [0.3, 0.4) is 0 Å². The van der Waals surface area contributed by atoms with Gasteiger partial charge in [0.1, 0.15) is 11.4 Å². The van der Waals surface area contributed by atoms with Crippen LogP contribution in [0, 0.1) is 5.82 Å². The molecule has 2 amide bonds. The number of hydrogen-bond donors (Lipinski definition) is 2. The van der Waals surface area contributed by atoms with Crippen molar-refractivity contribution in [1.82, 2.24) is 14.8 Å². The molecule has 0 radical (unpaired) electrons. The second-order valence-corrected chi connectivity index (χ2v) is 8.89. The second-order valence-electron chi connectivity index (χ2n) is 8.49. The molecule has 0 aliphatic carbocycles. The Balaban J connectivity index is 1.58. The Morgan fingerprint density at radius 2 is 2.06 bits per heavy atom. The smallest absolute Gasteiger partial charge is 0.274 e. The van der Waals surface area contributed by atoms with Gasteiger partial charge in [0, 0.05) is 30.9 Å². The van der Waals surface area contributed by atoms with Gasteiger partial charge in [-0.05, 0) is 38.2 Å². The van der Waals surface area contributed by atoms with Gasteiger partial charge in [-0.25, -0.2) is 4.39 Å². The number of benzene rings is 1. The Hall–Kier alpha value is -2.87. The van der Waals surface area contributed by atoms with E-state index in [4.69, 9.17) is 11.6 Å². The third-order valence-electron chi connectivity index (χ3n) is 6.74. The number of fused-ring (bicyclic) bond motifs is 1. The number of amides is 2. The van der Waals surface area contributed by atoms with Gasteiger partial charge in [0.25, 0.3) is 11.8 Å². The number of rotatable bonds is 3. The Kier molecular flexibility index (Phi) is 4.58. The number of carbonyl (C=O) groups is 2. The van der Waals surface area contributed by atoms with Crippen LogP contribution >= 0.6 is 11.6 Å². The summed E-state index contributed by atoms with van der Waals surface area (Å²) in [6, 6.07) is 4.47. The molecule has 3 aliphatic heterocycles. The third-order valence-corrected chi connectivity index (χ3v) is 7.04. The fourth-order valence-electron chi connectivity index (χ4n) is 5.29. The lowest BCUT2D eigenvalue weighted by Gasteiger charge is -2.41. The normalized spacial score (nSPS) is 21.6. The van der Waals surface area contributed by atoms with Crippen molar-refractivity contribution in [2.45, 2.75) is 44.2 Å². The molecule has 0 unspecified atom stereocenters. The molecule has 1 aromatic carbocycles. The molecule has 4 heterocycles. The largest absolute Gasteiger partial charge is 0.503 e. The SMILES string of the molecule is O=C(NCc1cccc(Cl)c1F)c1c2n3c(c(O)c1=O)C(=O)N1CCCC[C@]3(CC2)C1. The molecular weight excluding hydrogens is 425 g/mol. The van der Waals surface area contributed by atoms with Crippen molar-refractivity contribution in [1.29, 1.82) is 0 Å². The van der Waals surface area contributed by atoms with Crippen molar-refractivity contribution < 1.29 is 19.1 Å². The number of nitrogens with one attached hydrogen (secondary N) is 1. The molecule has 1 spiro atoms. The molecule has 7 nitrogen and oxygen atoms in total. The summed E-state index contributed by atoms with van der Waals surface area (Å²) >= 11 is 5.79. The first-order valence-corrected chi connectivity index (χ1v) is 10.7. The van der Waals surface area contributed by atoms with Crippen LogP contribution in [0.25, 0.3) is 0 Å². The minimum absolute atomic E-state index is 0.0110. The zero-order valence-corrected chi connectivity index (χ0v) is 17.5. The van der Waals surface area contributed by atoms with Gasteiger partial charge < -0.3 is 19.9 Å². The molecule has 1 saturated heterocycles. The first kappa shape index (κ1) is 20.1. The Morgan fingerprint density at radius 1 is 1.26 bits per heavy atom. The van der Waals surface area contributed by atoms with Gasteiger partial charge in [0.15, 0.2) is 11.4 Å². The summed E-state index contributed by atoms with van der Waals surface area (Å²) in [6.45, 7) is 0.949. The zero-order chi connectivity index (χ0) is 21.9. The van der Waals surface area contributed by atoms with Crippen LogP contribution in [0.4, 0.5) is 4.39 Å². The van der Waals surface area contributed by atoms with Gasteiger partial charge in [0.2, 0.25) is 5.43 Å². The summed E-state index contributed by atoms with van der Waals surface area (Å²) < 4.78 is 15.9. The summed E-state index contributed by atoms with van der Waals surface area (Å²) in [6.07, 6.45) is 3.74. The fourth-order valence-corrected chi connectivity index (χ4v) is 5.49. The van der Waals surface area contributed by atoms with E-state index in [9.17, 15) is 23.9 Å². The summed E-state index contributed by atoms with van der Waals surface area (Å²) in [5.41, 5.74) is -0.805. The van der Waals surface area contributed by atoms with Crippen LogP contribution < -0.4 is 10.7 Å². The van der Waals surface area contributed by atoms with Gasteiger partial charge in [0.05, 0.1) is 10.6 Å². The van der Waals surface area contributed by atoms with E-state index in [-0.39, 0.29) is 34.3 Å². The number of halogens is 2. The second kappa shape index (κ2) is 7.09. The molecule has 3 aliphatic rings. The van der Waals surface area contributed by atoms with Crippen molar-refractivity contribution in [3.05, 3.63) is 61.8 Å². The molecule has 2 N–H and O–H groups in total. The highest BCUT2D eigenvalue weighted by molar-refractivity contribution is 6.30. The quantitative estimate of drug-likeness (QED) is 0.759. The monoisotopic (exact) mass is 445 g/mol. The number of nitrogens with zero attached hydrogens (tertiary/aromatic N) is 2. The van der Waals surface area contributed by atoms with Crippen molar-refractivity contribution in [2.24, 2.45) is 0 Å². The van der Waals surface area contributed by atoms with Crippen molar-refractivity contribution >= 4 is 23.4 Å². The Labute approximate surface area is 182 Å². The number of carbonyl (C=O) groups excluding carboxylic acids is 2. The van der Waals surface area contributed by atoms with Gasteiger partial charge >= 0.3 is 0 Å². The highest BCUT2D eigenvalue weighted by Gasteiger charge is 2.50. The molecule has 0 saturated carbocycles. The van der Waals surface area contributed by atoms with Crippen molar-refractivity contribution in [3.63, 3.8) is 0 Å². The van der Waals surface area contributed by atoms with Crippen LogP contribution in [-0.4, -0.2) is 39.5 Å². The summed E-state index contributed by atoms with van der Waals surface area (Å²) in [5, 5.41) is 13.2. The van der Waals surface area contributed by atoms with Crippen molar-refractivity contribution in [2.75, 3.05) is 13.1 Å². The molecular formula is C22H21ClFN3O4. The van der Waals surface area contributed by atoms with Crippen molar-refractivity contribution in [3.8, 4) is 5.75 Å². The maximum atomic E-state index is 14.2. The van der Waals surface area contributed by atoms with E-state index < -0.39 is 28.4 Å². The van der Waals surface area contributed by atoms with Crippen LogP contribution in [0.5, 0.6) is 5.75 Å². The van der Waals surface area contributed by atoms with E-state index in [2.05, 4.69) is 5.32 Å². The first-order valence-electron chi connectivity index (χ1n) is 10.4. The third kappa shape index (κ3) is 2.88. The van der Waals surface area contributed by atoms with E-state index in [1.165, 1.54) is 12.1 Å². The molecule has 5 rings (SSSR count). The topological polar surface area (TPSA) is 91.6 Å². The highest BCUT2D eigenvalue weighted by atomic mass is 35.5. The van der Waals surface area contributed by atoms with Gasteiger partial charge in [-0.1, -0.05) is 23.7 Å². The van der Waals surface area contributed by atoms with E-state index in [1.54, 1.807) is 15.5 Å². The zero-order valence-electron chi connectivity index (χ0n) is 16.7. The molecule has 2 aromatic rings. The molecule has 1 fully saturated rings. The summed E-state index contributed by atoms with van der Waals surface area (Å²) in [7, 11) is 0. The molecule has 162 valence electrons. The van der Waals surface area contributed by atoms with Gasteiger partial charge in [-0.15, -0.1) is 0 Å². The maximum absolute atomic E-state index is 14.2. The number of pyridine rings is 1. The standard InChI is InChI=1S/C22H21ClFN3O4/c23-13-5-3-4-12(16(13)24)10-25-20(30)15-14-6-8-22-7-1-2-9-26(11-22)21(31)17(27(14)22)19(29)18(15)28/h3-5,29H,1-2,6-11H2,(H,25,30)/t22-/m0/s1. The average molecular weight is 446 g/mol. The van der Waals surface area contributed by atoms with E-state index in [0.29, 0.717) is 31.6 Å². The Morgan fingerprint density at radius 3 is 2.87 bits per heavy atom. The Bertz CT molecular complexity index is 1190. The lowest BCUT2D eigenvalue weighted by Crippen LogP contribution is -2.52. The number of aromatic nitrogens is 1. The molecule has 1 atom stereocenters. The fraction of sp³-hybridized carbons (Fsp3) is 0.409. The predicted octanol–water partition coefficient (Wildman–Crippen LogP) is 2.56. The van der Waals surface area contributed by atoms with Crippen LogP contribution in [-0.2, 0) is 18.5 Å². The number of hydrogen-bond acceptors (Lipinski definition) is 4. The molecule has 9 heteroatoms. The van der Waals surface area contributed by atoms with Crippen LogP contribution in [0.15, 0.2) is 23.0 Å². The minimum atomic E-state index is -0.865. The summed E-state index contributed by atoms with van der Waals surface area (Å²) in [4.78, 5) is 40.7. The lowest BCUT2D eigenvalue weighted by molar-refractivity contribution is 0.0584. The lowest BCUT2D eigenvalue weighted by atomic mass is 9.89. The van der Waals surface area contributed by atoms with Gasteiger partial charge in [-0.3, -0.25) is 14.4 Å². The number of aromatic hydroxyl groups is 1.